The summed E-state index contributed by atoms with van der Waals surface area (Å²) >= 11 is 1.65. The molecule has 0 fully saturated rings. The lowest BCUT2D eigenvalue weighted by Gasteiger charge is -2.14. The predicted molar refractivity (Wildman–Crippen MR) is 88.9 cm³/mol. The number of ether oxygens (including phenoxy) is 2. The van der Waals surface area contributed by atoms with Crippen LogP contribution >= 0.6 is 11.3 Å². The van der Waals surface area contributed by atoms with E-state index in [0.717, 1.165) is 4.88 Å². The average molecular weight is 333 g/mol. The fourth-order valence-corrected chi connectivity index (χ4v) is 3.04. The first kappa shape index (κ1) is 17.2. The van der Waals surface area contributed by atoms with Gasteiger partial charge in [-0.1, -0.05) is 0 Å². The van der Waals surface area contributed by atoms with Crippen LogP contribution in [0.1, 0.15) is 36.6 Å². The Kier molecular flexibility index (Phi) is 5.90. The second kappa shape index (κ2) is 7.89. The van der Waals surface area contributed by atoms with Gasteiger partial charge in [0.25, 0.3) is 5.91 Å². The van der Waals surface area contributed by atoms with Crippen molar-refractivity contribution >= 4 is 23.2 Å². The van der Waals surface area contributed by atoms with Gasteiger partial charge in [0.15, 0.2) is 0 Å². The van der Waals surface area contributed by atoms with Gasteiger partial charge in [0.05, 0.1) is 12.7 Å². The van der Waals surface area contributed by atoms with Crippen LogP contribution < -0.4 is 5.32 Å². The number of hydrogen-bond donors (Lipinski definition) is 1. The third-order valence-corrected chi connectivity index (χ3v) is 4.47. The average Bonchev–Trinajstić information content (AvgIpc) is 3.01. The number of benzene rings is 1. The van der Waals surface area contributed by atoms with E-state index in [0.29, 0.717) is 17.7 Å². The highest BCUT2D eigenvalue weighted by molar-refractivity contribution is 7.12. The van der Waals surface area contributed by atoms with Crippen LogP contribution in [0.25, 0.3) is 0 Å². The molecule has 1 aromatic carbocycles. The summed E-state index contributed by atoms with van der Waals surface area (Å²) in [4.78, 5) is 25.8. The molecular formula is C17H19NO4S. The van der Waals surface area contributed by atoms with Gasteiger partial charge in [-0.3, -0.25) is 4.79 Å². The van der Waals surface area contributed by atoms with E-state index in [2.05, 4.69) is 10.1 Å². The smallest absolute Gasteiger partial charge is 0.337 e. The fourth-order valence-electron chi connectivity index (χ4n) is 2.09. The van der Waals surface area contributed by atoms with Crippen molar-refractivity contribution in [1.82, 2.24) is 5.32 Å². The highest BCUT2D eigenvalue weighted by Gasteiger charge is 2.15. The molecule has 0 radical (unpaired) electrons. The molecule has 0 aliphatic heterocycles. The van der Waals surface area contributed by atoms with E-state index < -0.39 is 5.97 Å². The molecular weight excluding hydrogens is 314 g/mol. The Balaban J connectivity index is 1.97. The molecule has 0 bridgehead atoms. The molecule has 0 aliphatic carbocycles. The quantitative estimate of drug-likeness (QED) is 0.826. The molecule has 6 heteroatoms. The molecule has 1 atom stereocenters. The zero-order valence-corrected chi connectivity index (χ0v) is 14.1. The molecule has 2 aromatic rings. The maximum absolute atomic E-state index is 12.2. The van der Waals surface area contributed by atoms with Crippen LogP contribution in [0.4, 0.5) is 0 Å². The van der Waals surface area contributed by atoms with Gasteiger partial charge in [-0.2, -0.15) is 0 Å². The van der Waals surface area contributed by atoms with Crippen molar-refractivity contribution in [3.63, 3.8) is 0 Å². The van der Waals surface area contributed by atoms with Gasteiger partial charge in [-0.15, -0.1) is 11.3 Å². The van der Waals surface area contributed by atoms with Crippen molar-refractivity contribution in [2.45, 2.75) is 13.0 Å². The van der Waals surface area contributed by atoms with Crippen LogP contribution in [-0.4, -0.2) is 32.6 Å². The summed E-state index contributed by atoms with van der Waals surface area (Å²) in [7, 11) is 2.94. The summed E-state index contributed by atoms with van der Waals surface area (Å²) in [6.45, 7) is 2.41. The van der Waals surface area contributed by atoms with Crippen molar-refractivity contribution < 1.29 is 19.1 Å². The first-order valence-electron chi connectivity index (χ1n) is 7.11. The molecule has 1 amide bonds. The molecule has 2 rings (SSSR count). The van der Waals surface area contributed by atoms with Gasteiger partial charge < -0.3 is 14.8 Å². The summed E-state index contributed by atoms with van der Waals surface area (Å²) in [6.07, 6.45) is -0.174. The molecule has 0 spiro atoms. The van der Waals surface area contributed by atoms with E-state index in [1.165, 1.54) is 12.0 Å². The number of amides is 1. The zero-order valence-electron chi connectivity index (χ0n) is 13.3. The normalized spacial score (nSPS) is 11.8. The van der Waals surface area contributed by atoms with E-state index in [9.17, 15) is 9.59 Å². The molecule has 122 valence electrons. The van der Waals surface area contributed by atoms with E-state index in [-0.39, 0.29) is 12.0 Å². The minimum Gasteiger partial charge on any atom is -0.465 e. The SMILES string of the molecule is COC(=O)c1ccc(C(=O)NC[C@H](OC)c2ccc(C)s2)cc1. The molecule has 1 heterocycles. The molecule has 0 unspecified atom stereocenters. The Morgan fingerprint density at radius 2 is 1.74 bits per heavy atom. The number of methoxy groups -OCH3 is 2. The van der Waals surface area contributed by atoms with Crippen molar-refractivity contribution in [2.75, 3.05) is 20.8 Å². The predicted octanol–water partition coefficient (Wildman–Crippen LogP) is 2.96. The van der Waals surface area contributed by atoms with E-state index in [1.807, 2.05) is 19.1 Å². The minimum atomic E-state index is -0.426. The van der Waals surface area contributed by atoms with Crippen LogP contribution in [0.15, 0.2) is 36.4 Å². The standard InChI is InChI=1S/C17H19NO4S/c1-11-4-9-15(23-11)14(21-2)10-18-16(19)12-5-7-13(8-6-12)17(20)22-3/h4-9,14H,10H2,1-3H3,(H,18,19)/t14-/m0/s1. The highest BCUT2D eigenvalue weighted by atomic mass is 32.1. The first-order chi connectivity index (χ1) is 11.0. The Morgan fingerprint density at radius 3 is 2.26 bits per heavy atom. The van der Waals surface area contributed by atoms with Crippen molar-refractivity contribution in [3.8, 4) is 0 Å². The summed E-state index contributed by atoms with van der Waals surface area (Å²) in [5.74, 6) is -0.638. The molecule has 1 aromatic heterocycles. The second-order valence-electron chi connectivity index (χ2n) is 4.95. The summed E-state index contributed by atoms with van der Waals surface area (Å²) < 4.78 is 10.1. The Hall–Kier alpha value is -2.18. The van der Waals surface area contributed by atoms with E-state index in [1.54, 1.807) is 42.7 Å². The minimum absolute atomic E-state index is 0.174. The number of esters is 1. The molecule has 0 saturated carbocycles. The number of aryl methyl sites for hydroxylation is 1. The summed E-state index contributed by atoms with van der Waals surface area (Å²) in [5, 5.41) is 2.85. The lowest BCUT2D eigenvalue weighted by molar-refractivity contribution is 0.0600. The van der Waals surface area contributed by atoms with Crippen LogP contribution in [0.3, 0.4) is 0 Å². The molecule has 23 heavy (non-hydrogen) atoms. The van der Waals surface area contributed by atoms with Gasteiger partial charge in [0.2, 0.25) is 0 Å². The number of thiophene rings is 1. The highest BCUT2D eigenvalue weighted by Crippen LogP contribution is 2.24. The first-order valence-corrected chi connectivity index (χ1v) is 7.92. The van der Waals surface area contributed by atoms with Crippen molar-refractivity contribution in [3.05, 3.63) is 57.3 Å². The third-order valence-electron chi connectivity index (χ3n) is 3.38. The van der Waals surface area contributed by atoms with Gasteiger partial charge in [-0.25, -0.2) is 4.79 Å². The maximum atomic E-state index is 12.2. The van der Waals surface area contributed by atoms with Gasteiger partial charge in [0.1, 0.15) is 6.10 Å². The van der Waals surface area contributed by atoms with Crippen LogP contribution in [-0.2, 0) is 9.47 Å². The molecule has 0 saturated heterocycles. The van der Waals surface area contributed by atoms with E-state index in [4.69, 9.17) is 4.74 Å². The van der Waals surface area contributed by atoms with Crippen LogP contribution in [0.2, 0.25) is 0 Å². The lowest BCUT2D eigenvalue weighted by atomic mass is 10.1. The third kappa shape index (κ3) is 4.40. The van der Waals surface area contributed by atoms with E-state index >= 15 is 0 Å². The maximum Gasteiger partial charge on any atom is 0.337 e. The fraction of sp³-hybridized carbons (Fsp3) is 0.294. The largest absolute Gasteiger partial charge is 0.465 e. The van der Waals surface area contributed by atoms with Crippen molar-refractivity contribution in [1.29, 1.82) is 0 Å². The Morgan fingerprint density at radius 1 is 1.09 bits per heavy atom. The number of carbonyl (C=O) groups is 2. The summed E-state index contributed by atoms with van der Waals surface area (Å²) in [5.41, 5.74) is 0.891. The number of rotatable bonds is 6. The molecule has 1 N–H and O–H groups in total. The summed E-state index contributed by atoms with van der Waals surface area (Å²) in [6, 6.07) is 10.4. The number of carbonyl (C=O) groups excluding carboxylic acids is 2. The molecule has 5 nitrogen and oxygen atoms in total. The van der Waals surface area contributed by atoms with Gasteiger partial charge >= 0.3 is 5.97 Å². The van der Waals surface area contributed by atoms with Crippen LogP contribution in [0, 0.1) is 6.92 Å². The molecule has 0 aliphatic rings. The lowest BCUT2D eigenvalue weighted by Crippen LogP contribution is -2.28. The van der Waals surface area contributed by atoms with Crippen molar-refractivity contribution in [2.24, 2.45) is 0 Å². The van der Waals surface area contributed by atoms with Gasteiger partial charge in [-0.05, 0) is 43.3 Å². The van der Waals surface area contributed by atoms with Gasteiger partial charge in [0, 0.05) is 29.0 Å². The number of nitrogens with one attached hydrogen (secondary N) is 1. The zero-order chi connectivity index (χ0) is 16.8. The van der Waals surface area contributed by atoms with Crippen LogP contribution in [0.5, 0.6) is 0 Å². The Labute approximate surface area is 139 Å². The Bertz CT molecular complexity index is 678. The second-order valence-corrected chi connectivity index (χ2v) is 6.27. The monoisotopic (exact) mass is 333 g/mol. The number of hydrogen-bond acceptors (Lipinski definition) is 5. The topological polar surface area (TPSA) is 64.6 Å².